The monoisotopic (exact) mass is 765 g/mol. The van der Waals surface area contributed by atoms with Gasteiger partial charge in [0, 0.05) is 11.3 Å². The van der Waals surface area contributed by atoms with E-state index in [1.165, 1.54) is 120 Å². The summed E-state index contributed by atoms with van der Waals surface area (Å²) in [4.78, 5) is 2.72. The largest absolute Gasteiger partial charge is 0.309 e. The van der Waals surface area contributed by atoms with Crippen LogP contribution in [0.1, 0.15) is 123 Å². The van der Waals surface area contributed by atoms with Gasteiger partial charge in [-0.2, -0.15) is 0 Å². The van der Waals surface area contributed by atoms with Gasteiger partial charge < -0.3 is 4.90 Å². The van der Waals surface area contributed by atoms with Crippen LogP contribution in [-0.4, -0.2) is 0 Å². The first-order valence-corrected chi connectivity index (χ1v) is 22.2. The predicted molar refractivity (Wildman–Crippen MR) is 249 cm³/mol. The minimum atomic E-state index is -0.441. The smallest absolute Gasteiger partial charge is 0.0726 e. The second-order valence-corrected chi connectivity index (χ2v) is 19.5. The van der Waals surface area contributed by atoms with Crippen LogP contribution < -0.4 is 4.90 Å². The lowest BCUT2D eigenvalue weighted by Crippen LogP contribution is -2.34. The highest BCUT2D eigenvalue weighted by atomic mass is 15.2. The van der Waals surface area contributed by atoms with Crippen LogP contribution in [0, 0.1) is 0 Å². The molecule has 7 aromatic carbocycles. The van der Waals surface area contributed by atoms with E-state index in [1.807, 2.05) is 0 Å². The molecule has 1 spiro atoms. The molecule has 0 heterocycles. The van der Waals surface area contributed by atoms with E-state index in [0.717, 1.165) is 19.3 Å². The molecule has 1 nitrogen and oxygen atoms in total. The Morgan fingerprint density at radius 1 is 0.475 bits per heavy atom. The van der Waals surface area contributed by atoms with Gasteiger partial charge >= 0.3 is 0 Å². The first-order valence-electron chi connectivity index (χ1n) is 22.2. The van der Waals surface area contributed by atoms with Crippen molar-refractivity contribution in [2.45, 2.75) is 102 Å². The quantitative estimate of drug-likeness (QED) is 0.169. The molecule has 0 saturated carbocycles. The number of nitrogens with zero attached hydrogens (tertiary/aromatic N) is 1. The summed E-state index contributed by atoms with van der Waals surface area (Å²) in [5, 5.41) is 0. The number of aryl methyl sites for hydroxylation is 1. The minimum Gasteiger partial charge on any atom is -0.309 e. The molecule has 0 unspecified atom stereocenters. The van der Waals surface area contributed by atoms with Crippen molar-refractivity contribution in [1.29, 1.82) is 0 Å². The highest BCUT2D eigenvalue weighted by Crippen LogP contribution is 2.65. The van der Waals surface area contributed by atoms with Crippen LogP contribution in [0.2, 0.25) is 0 Å². The third kappa shape index (κ3) is 5.16. The van der Waals surface area contributed by atoms with Crippen molar-refractivity contribution in [2.75, 3.05) is 4.90 Å². The summed E-state index contributed by atoms with van der Waals surface area (Å²) >= 11 is 0. The molecule has 0 radical (unpaired) electrons. The maximum atomic E-state index is 2.72. The van der Waals surface area contributed by atoms with Crippen molar-refractivity contribution in [3.05, 3.63) is 196 Å². The van der Waals surface area contributed by atoms with Crippen molar-refractivity contribution in [3.8, 4) is 33.4 Å². The van der Waals surface area contributed by atoms with E-state index < -0.39 is 5.41 Å². The Morgan fingerprint density at radius 3 is 1.69 bits per heavy atom. The number of benzene rings is 7. The van der Waals surface area contributed by atoms with Crippen molar-refractivity contribution in [1.82, 2.24) is 0 Å². The van der Waals surface area contributed by atoms with Crippen molar-refractivity contribution in [3.63, 3.8) is 0 Å². The maximum absolute atomic E-state index is 2.72. The third-order valence-electron chi connectivity index (χ3n) is 14.9. The molecule has 59 heavy (non-hydrogen) atoms. The summed E-state index contributed by atoms with van der Waals surface area (Å²) in [6.45, 7) is 14.7. The number of anilines is 3. The number of fused-ring (bicyclic) bond motifs is 12. The molecule has 4 aliphatic carbocycles. The van der Waals surface area contributed by atoms with Gasteiger partial charge in [-0.25, -0.2) is 0 Å². The average Bonchev–Trinajstić information content (AvgIpc) is 3.72. The average molecular weight is 766 g/mol. The molecular formula is C58H55N. The molecular weight excluding hydrogens is 711 g/mol. The molecule has 4 aliphatic rings. The molecule has 11 rings (SSSR count). The summed E-state index contributed by atoms with van der Waals surface area (Å²) in [5.41, 5.74) is 24.7. The van der Waals surface area contributed by atoms with Crippen molar-refractivity contribution < 1.29 is 0 Å². The van der Waals surface area contributed by atoms with Crippen molar-refractivity contribution >= 4 is 17.1 Å². The van der Waals surface area contributed by atoms with Crippen LogP contribution in [-0.2, 0) is 29.1 Å². The Labute approximate surface area is 351 Å². The van der Waals surface area contributed by atoms with Crippen LogP contribution in [0.15, 0.2) is 146 Å². The van der Waals surface area contributed by atoms with Crippen LogP contribution in [0.5, 0.6) is 0 Å². The van der Waals surface area contributed by atoms with Crippen LogP contribution in [0.4, 0.5) is 17.1 Å². The molecule has 0 saturated heterocycles. The van der Waals surface area contributed by atoms with Crippen molar-refractivity contribution in [2.24, 2.45) is 0 Å². The Bertz CT molecular complexity index is 2770. The lowest BCUT2D eigenvalue weighted by atomic mass is 9.61. The van der Waals surface area contributed by atoms with Gasteiger partial charge in [0.1, 0.15) is 0 Å². The van der Waals surface area contributed by atoms with Gasteiger partial charge in [0.05, 0.1) is 16.8 Å². The molecule has 0 fully saturated rings. The summed E-state index contributed by atoms with van der Waals surface area (Å²) in [6, 6.07) is 56.6. The number of hydrogen-bond donors (Lipinski definition) is 0. The Hall–Kier alpha value is -5.66. The zero-order valence-electron chi connectivity index (χ0n) is 35.6. The van der Waals surface area contributed by atoms with Crippen LogP contribution >= 0.6 is 0 Å². The second kappa shape index (κ2) is 13.2. The van der Waals surface area contributed by atoms with Gasteiger partial charge in [-0.3, -0.25) is 0 Å². The minimum absolute atomic E-state index is 0.0206. The van der Waals surface area contributed by atoms with Gasteiger partial charge in [-0.05, 0) is 157 Å². The molecule has 0 amide bonds. The van der Waals surface area contributed by atoms with E-state index in [0.29, 0.717) is 5.92 Å². The molecule has 0 N–H and O–H groups in total. The fourth-order valence-corrected chi connectivity index (χ4v) is 12.0. The SMILES string of the molecule is CC(C)c1ccc2c(c1N(c1ccccc1)c1cc3c(cc1-c1cccc4c1C(C)(C)CCC4(C)C)-c1ccccc1C31c3ccccc3-c3ccccc31)CCCC2. The summed E-state index contributed by atoms with van der Waals surface area (Å²) in [7, 11) is 0. The molecule has 0 aromatic heterocycles. The standard InChI is InChI=1S/C58H55N/c1-37(2)40-32-31-38-19-10-11-22-41(38)55(40)59(39-20-8-7-9-21-39)53-36-52-46(35-47(53)45-26-18-30-51-54(45)57(5,6)34-33-56(51,3)4)44-25-14-17-29-50(44)58(52)48-27-15-12-23-42(48)43-24-13-16-28-49(43)58/h7-9,12-18,20-21,23-32,35-37H,10-11,19,22,33-34H2,1-6H3. The Balaban J connectivity index is 1.33. The van der Waals surface area contributed by atoms with Crippen LogP contribution in [0.25, 0.3) is 33.4 Å². The van der Waals surface area contributed by atoms with Gasteiger partial charge in [-0.1, -0.05) is 163 Å². The van der Waals surface area contributed by atoms with E-state index in [-0.39, 0.29) is 10.8 Å². The molecule has 0 bridgehead atoms. The second-order valence-electron chi connectivity index (χ2n) is 19.5. The lowest BCUT2D eigenvalue weighted by Gasteiger charge is -2.43. The van der Waals surface area contributed by atoms with E-state index in [9.17, 15) is 0 Å². The fourth-order valence-electron chi connectivity index (χ4n) is 12.0. The van der Waals surface area contributed by atoms with Gasteiger partial charge in [-0.15, -0.1) is 0 Å². The molecule has 0 aliphatic heterocycles. The molecule has 1 heteroatoms. The fraction of sp³-hybridized carbons (Fsp3) is 0.276. The highest BCUT2D eigenvalue weighted by molar-refractivity contribution is 6.01. The Kier molecular flexibility index (Phi) is 8.13. The topological polar surface area (TPSA) is 3.24 Å². The highest BCUT2D eigenvalue weighted by Gasteiger charge is 2.52. The van der Waals surface area contributed by atoms with E-state index in [4.69, 9.17) is 0 Å². The number of hydrogen-bond acceptors (Lipinski definition) is 1. The van der Waals surface area contributed by atoms with E-state index in [1.54, 1.807) is 0 Å². The number of rotatable bonds is 5. The van der Waals surface area contributed by atoms with Gasteiger partial charge in [0.25, 0.3) is 0 Å². The number of para-hydroxylation sites is 1. The first kappa shape index (κ1) is 36.4. The summed E-state index contributed by atoms with van der Waals surface area (Å²) < 4.78 is 0. The zero-order valence-corrected chi connectivity index (χ0v) is 35.6. The summed E-state index contributed by atoms with van der Waals surface area (Å²) in [6.07, 6.45) is 7.07. The van der Waals surface area contributed by atoms with Crippen LogP contribution in [0.3, 0.4) is 0 Å². The molecule has 7 aromatic rings. The summed E-state index contributed by atoms with van der Waals surface area (Å²) in [5.74, 6) is 0.356. The van der Waals surface area contributed by atoms with Gasteiger partial charge in [0.15, 0.2) is 0 Å². The first-order chi connectivity index (χ1) is 28.6. The van der Waals surface area contributed by atoms with E-state index >= 15 is 0 Å². The maximum Gasteiger partial charge on any atom is 0.0726 e. The van der Waals surface area contributed by atoms with Gasteiger partial charge in [0.2, 0.25) is 0 Å². The van der Waals surface area contributed by atoms with E-state index in [2.05, 4.69) is 192 Å². The predicted octanol–water partition coefficient (Wildman–Crippen LogP) is 15.5. The lowest BCUT2D eigenvalue weighted by molar-refractivity contribution is 0.333. The third-order valence-corrected chi connectivity index (χ3v) is 14.9. The normalized spacial score (nSPS) is 17.1. The molecule has 0 atom stereocenters. The Morgan fingerprint density at radius 2 is 1.03 bits per heavy atom. The molecule has 292 valence electrons. The zero-order chi connectivity index (χ0) is 40.3.